The molecule has 16 nitrogen and oxygen atoms in total. The Morgan fingerprint density at radius 3 is 2.38 bits per heavy atom. The maximum absolute atomic E-state index is 13.4. The second-order valence-corrected chi connectivity index (χ2v) is 11.0. The molecule has 0 saturated heterocycles. The second-order valence-electron chi connectivity index (χ2n) is 11.0. The van der Waals surface area contributed by atoms with Crippen molar-refractivity contribution in [3.8, 4) is 0 Å². The Morgan fingerprint density at radius 2 is 1.70 bits per heavy atom. The minimum Gasteiger partial charge on any atom is -0.478 e. The highest BCUT2D eigenvalue weighted by molar-refractivity contribution is 6.00. The predicted molar refractivity (Wildman–Crippen MR) is 167 cm³/mol. The van der Waals surface area contributed by atoms with E-state index >= 15 is 0 Å². The number of fused-ring (bicyclic) bond motifs is 2. The van der Waals surface area contributed by atoms with Crippen molar-refractivity contribution in [3.05, 3.63) is 125 Å². The number of carboxylic acids is 1. The standard InChI is InChI=1S/C31H26N8O8/c32-23-25(27(42)26(23)41)38-8-7-15-2-1-14(9-18(15)13-38)12-34-30(45)20-10-19(35-21-11-22(40)37-39(20)21)29(44)36-24(28(33)43)16-3-5-17(6-4-16)31(46)47/h1-6,9-11,24H,7-8,12-13,32H2,(H2,33,43)(H,34,45)(H,36,44)(H,37,40)(H,46,47)/t24-/m1/s1. The summed E-state index contributed by atoms with van der Waals surface area (Å²) in [5.41, 5.74) is 12.0. The van der Waals surface area contributed by atoms with Crippen LogP contribution in [0.2, 0.25) is 0 Å². The number of nitrogen functional groups attached to an aromatic ring is 1. The summed E-state index contributed by atoms with van der Waals surface area (Å²) in [5, 5.41) is 16.8. The lowest BCUT2D eigenvalue weighted by Gasteiger charge is -2.32. The van der Waals surface area contributed by atoms with Gasteiger partial charge in [-0.15, -0.1) is 0 Å². The van der Waals surface area contributed by atoms with Crippen LogP contribution in [-0.2, 0) is 24.3 Å². The maximum Gasteiger partial charge on any atom is 0.335 e. The van der Waals surface area contributed by atoms with Crippen LogP contribution in [0, 0.1) is 0 Å². The number of carbonyl (C=O) groups is 4. The minimum absolute atomic E-state index is 0.0352. The number of aromatic carboxylic acids is 1. The summed E-state index contributed by atoms with van der Waals surface area (Å²) in [5.74, 6) is -3.66. The molecule has 6 rings (SSSR count). The average molecular weight is 639 g/mol. The molecule has 3 aromatic carbocycles. The van der Waals surface area contributed by atoms with Gasteiger partial charge in [0.25, 0.3) is 28.2 Å². The molecular formula is C31H26N8O8. The quantitative estimate of drug-likeness (QED) is 0.111. The fourth-order valence-corrected chi connectivity index (χ4v) is 5.52. The van der Waals surface area contributed by atoms with Gasteiger partial charge in [-0.1, -0.05) is 30.3 Å². The number of H-pyrrole nitrogens is 1. The Hall–Kier alpha value is -6.58. The number of benzene rings is 2. The van der Waals surface area contributed by atoms with Crippen LogP contribution in [0.4, 0.5) is 11.4 Å². The normalized spacial score (nSPS) is 13.2. The van der Waals surface area contributed by atoms with Crippen molar-refractivity contribution in [3.63, 3.8) is 0 Å². The minimum atomic E-state index is -1.36. The smallest absolute Gasteiger partial charge is 0.335 e. The van der Waals surface area contributed by atoms with E-state index in [-0.39, 0.29) is 46.1 Å². The number of nitrogens with one attached hydrogen (secondary N) is 3. The number of aromatic amines is 1. The van der Waals surface area contributed by atoms with E-state index in [0.717, 1.165) is 33.3 Å². The van der Waals surface area contributed by atoms with Gasteiger partial charge < -0.3 is 32.1 Å². The Bertz CT molecular complexity index is 2240. The number of amides is 3. The van der Waals surface area contributed by atoms with Crippen molar-refractivity contribution in [1.82, 2.24) is 25.2 Å². The molecule has 5 aromatic rings. The molecule has 0 saturated carbocycles. The number of aromatic nitrogens is 3. The van der Waals surface area contributed by atoms with Gasteiger partial charge >= 0.3 is 5.97 Å². The van der Waals surface area contributed by atoms with Crippen LogP contribution in [0.15, 0.2) is 69.0 Å². The summed E-state index contributed by atoms with van der Waals surface area (Å²) >= 11 is 0. The molecule has 3 amide bonds. The van der Waals surface area contributed by atoms with Crippen molar-refractivity contribution >= 4 is 40.7 Å². The molecule has 238 valence electrons. The lowest BCUT2D eigenvalue weighted by molar-refractivity contribution is -0.120. The fourth-order valence-electron chi connectivity index (χ4n) is 5.52. The number of nitrogens with two attached hydrogens (primary N) is 2. The van der Waals surface area contributed by atoms with Crippen LogP contribution in [-0.4, -0.2) is 49.9 Å². The molecule has 47 heavy (non-hydrogen) atoms. The van der Waals surface area contributed by atoms with Gasteiger partial charge in [-0.3, -0.25) is 33.9 Å². The summed E-state index contributed by atoms with van der Waals surface area (Å²) in [7, 11) is 0. The largest absolute Gasteiger partial charge is 0.478 e. The third-order valence-electron chi connectivity index (χ3n) is 7.95. The number of hydrogen-bond acceptors (Lipinski definition) is 10. The highest BCUT2D eigenvalue weighted by Gasteiger charge is 2.27. The summed E-state index contributed by atoms with van der Waals surface area (Å²) in [6, 6.07) is 11.7. The van der Waals surface area contributed by atoms with E-state index in [1.165, 1.54) is 24.3 Å². The predicted octanol–water partition coefficient (Wildman–Crippen LogP) is -0.652. The topological polar surface area (TPSA) is 252 Å². The number of carbonyl (C=O) groups excluding carboxylic acids is 3. The van der Waals surface area contributed by atoms with E-state index < -0.39 is 46.1 Å². The van der Waals surface area contributed by atoms with Crippen LogP contribution in [0.25, 0.3) is 5.65 Å². The van der Waals surface area contributed by atoms with Gasteiger partial charge in [-0.2, -0.15) is 0 Å². The molecule has 0 fully saturated rings. The monoisotopic (exact) mass is 638 g/mol. The van der Waals surface area contributed by atoms with Crippen LogP contribution >= 0.6 is 0 Å². The van der Waals surface area contributed by atoms with E-state index in [2.05, 4.69) is 20.7 Å². The molecule has 3 heterocycles. The molecule has 8 N–H and O–H groups in total. The number of primary amides is 1. The average Bonchev–Trinajstić information content (AvgIpc) is 3.45. The third kappa shape index (κ3) is 5.70. The Kier molecular flexibility index (Phi) is 7.60. The molecule has 0 spiro atoms. The van der Waals surface area contributed by atoms with Gasteiger partial charge in [0.1, 0.15) is 28.8 Å². The first-order chi connectivity index (χ1) is 22.4. The van der Waals surface area contributed by atoms with E-state index in [9.17, 15) is 33.6 Å². The summed E-state index contributed by atoms with van der Waals surface area (Å²) in [4.78, 5) is 91.7. The lowest BCUT2D eigenvalue weighted by Crippen LogP contribution is -2.44. The Balaban J connectivity index is 1.21. The number of carboxylic acid groups (broad SMARTS) is 1. The molecule has 1 aliphatic rings. The first kappa shape index (κ1) is 30.4. The fraction of sp³-hybridized carbons (Fsp3) is 0.161. The summed E-state index contributed by atoms with van der Waals surface area (Å²) in [6.45, 7) is 0.940. The molecule has 0 aliphatic carbocycles. The van der Waals surface area contributed by atoms with Gasteiger partial charge in [0.15, 0.2) is 5.65 Å². The summed E-state index contributed by atoms with van der Waals surface area (Å²) in [6.07, 6.45) is 0.630. The Labute approximate surface area is 263 Å². The van der Waals surface area contributed by atoms with Crippen molar-refractivity contribution < 1.29 is 24.3 Å². The first-order valence-corrected chi connectivity index (χ1v) is 14.2. The van der Waals surface area contributed by atoms with E-state index in [0.29, 0.717) is 19.5 Å². The van der Waals surface area contributed by atoms with Crippen molar-refractivity contribution in [2.45, 2.75) is 25.6 Å². The van der Waals surface area contributed by atoms with Crippen molar-refractivity contribution in [2.24, 2.45) is 5.73 Å². The number of hydrogen-bond donors (Lipinski definition) is 6. The zero-order valence-corrected chi connectivity index (χ0v) is 24.4. The van der Waals surface area contributed by atoms with E-state index in [4.69, 9.17) is 16.6 Å². The van der Waals surface area contributed by atoms with Gasteiger partial charge in [0, 0.05) is 31.8 Å². The molecule has 0 radical (unpaired) electrons. The first-order valence-electron chi connectivity index (χ1n) is 14.2. The molecular weight excluding hydrogens is 612 g/mol. The van der Waals surface area contributed by atoms with Gasteiger partial charge in [0.2, 0.25) is 5.91 Å². The molecule has 16 heteroatoms. The molecule has 1 aliphatic heterocycles. The van der Waals surface area contributed by atoms with E-state index in [1.54, 1.807) is 4.90 Å². The molecule has 0 bridgehead atoms. The number of nitrogens with zero attached hydrogens (tertiary/aromatic N) is 3. The lowest BCUT2D eigenvalue weighted by atomic mass is 9.96. The maximum atomic E-state index is 13.4. The van der Waals surface area contributed by atoms with Crippen molar-refractivity contribution in [1.29, 1.82) is 0 Å². The van der Waals surface area contributed by atoms with Crippen molar-refractivity contribution in [2.75, 3.05) is 17.2 Å². The van der Waals surface area contributed by atoms with Crippen LogP contribution < -0.4 is 43.4 Å². The van der Waals surface area contributed by atoms with Gasteiger partial charge in [-0.25, -0.2) is 14.3 Å². The summed E-state index contributed by atoms with van der Waals surface area (Å²) < 4.78 is 1.12. The van der Waals surface area contributed by atoms with Gasteiger partial charge in [0.05, 0.1) is 5.56 Å². The van der Waals surface area contributed by atoms with Crippen LogP contribution in [0.5, 0.6) is 0 Å². The second kappa shape index (κ2) is 11.7. The number of rotatable bonds is 9. The van der Waals surface area contributed by atoms with E-state index in [1.807, 2.05) is 18.2 Å². The third-order valence-corrected chi connectivity index (χ3v) is 7.95. The highest BCUT2D eigenvalue weighted by Crippen LogP contribution is 2.26. The molecule has 0 unspecified atom stereocenters. The van der Waals surface area contributed by atoms with Gasteiger partial charge in [-0.05, 0) is 40.8 Å². The number of anilines is 2. The van der Waals surface area contributed by atoms with Crippen LogP contribution in [0.3, 0.4) is 0 Å². The van der Waals surface area contributed by atoms with Crippen LogP contribution in [0.1, 0.15) is 59.6 Å². The highest BCUT2D eigenvalue weighted by atomic mass is 16.4. The zero-order chi connectivity index (χ0) is 33.6. The SMILES string of the molecule is NC(=O)[C@H](NC(=O)c1cc(C(=O)NCc2ccc3c(c2)CN(c2c(N)c(=O)c2=O)CC3)n2[nH]c(=O)cc2n1)c1ccc(C(=O)O)cc1. The molecule has 1 atom stereocenters. The molecule has 2 aromatic heterocycles. The Morgan fingerprint density at radius 1 is 0.957 bits per heavy atom. The zero-order valence-electron chi connectivity index (χ0n) is 24.4.